The fourth-order valence-corrected chi connectivity index (χ4v) is 3.15. The summed E-state index contributed by atoms with van der Waals surface area (Å²) in [5.41, 5.74) is 2.91. The lowest BCUT2D eigenvalue weighted by Gasteiger charge is -2.11. The average molecular weight is 354 g/mol. The van der Waals surface area contributed by atoms with E-state index < -0.39 is 0 Å². The Morgan fingerprint density at radius 1 is 1.25 bits per heavy atom. The third-order valence-corrected chi connectivity index (χ3v) is 4.06. The Labute approximate surface area is 129 Å². The summed E-state index contributed by atoms with van der Waals surface area (Å²) in [6, 6.07) is 10.8. The minimum absolute atomic E-state index is 0.357. The van der Waals surface area contributed by atoms with Crippen LogP contribution in [0.5, 0.6) is 0 Å². The number of halogens is 3. The highest BCUT2D eigenvalue weighted by Crippen LogP contribution is 2.32. The highest BCUT2D eigenvalue weighted by atomic mass is 79.9. The number of hydrogen-bond donors (Lipinski definition) is 2. The van der Waals surface area contributed by atoms with E-state index in [1.807, 2.05) is 24.4 Å². The Morgan fingerprint density at radius 2 is 2.10 bits per heavy atom. The Hall–Kier alpha value is -1.52. The lowest BCUT2D eigenvalue weighted by atomic mass is 10.1. The van der Waals surface area contributed by atoms with Crippen molar-refractivity contribution >= 4 is 44.1 Å². The van der Waals surface area contributed by atoms with E-state index >= 15 is 0 Å². The molecule has 20 heavy (non-hydrogen) atoms. The van der Waals surface area contributed by atoms with Gasteiger partial charge in [-0.15, -0.1) is 0 Å². The first-order valence-electron chi connectivity index (χ1n) is 6.08. The van der Waals surface area contributed by atoms with Crippen LogP contribution in [0.15, 0.2) is 47.1 Å². The molecule has 0 radical (unpaired) electrons. The quantitative estimate of drug-likeness (QED) is 0.654. The number of rotatable bonds is 3. The first-order chi connectivity index (χ1) is 9.65. The summed E-state index contributed by atoms with van der Waals surface area (Å²) in [4.78, 5) is 3.22. The maximum atomic E-state index is 13.2. The van der Waals surface area contributed by atoms with Crippen molar-refractivity contribution in [3.63, 3.8) is 0 Å². The SMILES string of the molecule is Fc1cc(Cl)c(NCc2cccc3cc[nH]c23)c(Br)c1. The second-order valence-electron chi connectivity index (χ2n) is 4.46. The predicted octanol–water partition coefficient (Wildman–Crippen LogP) is 5.34. The number of nitrogens with one attached hydrogen (secondary N) is 2. The maximum absolute atomic E-state index is 13.2. The minimum atomic E-state index is -0.362. The molecule has 0 aliphatic heterocycles. The number of hydrogen-bond acceptors (Lipinski definition) is 1. The first-order valence-corrected chi connectivity index (χ1v) is 7.25. The number of fused-ring (bicyclic) bond motifs is 1. The molecule has 0 saturated heterocycles. The van der Waals surface area contributed by atoms with Crippen LogP contribution in [0.1, 0.15) is 5.56 Å². The molecule has 0 bridgehead atoms. The molecular formula is C15H11BrClFN2. The molecule has 0 atom stereocenters. The maximum Gasteiger partial charge on any atom is 0.125 e. The molecular weight excluding hydrogens is 343 g/mol. The van der Waals surface area contributed by atoms with Gasteiger partial charge >= 0.3 is 0 Å². The Kier molecular flexibility index (Phi) is 3.68. The second-order valence-corrected chi connectivity index (χ2v) is 5.72. The van der Waals surface area contributed by atoms with Crippen molar-refractivity contribution in [2.75, 3.05) is 5.32 Å². The van der Waals surface area contributed by atoms with Crippen molar-refractivity contribution in [2.45, 2.75) is 6.54 Å². The minimum Gasteiger partial charge on any atom is -0.379 e. The van der Waals surface area contributed by atoms with Gasteiger partial charge in [-0.2, -0.15) is 0 Å². The van der Waals surface area contributed by atoms with Crippen LogP contribution in [0.2, 0.25) is 5.02 Å². The second kappa shape index (κ2) is 5.46. The van der Waals surface area contributed by atoms with Crippen LogP contribution < -0.4 is 5.32 Å². The molecule has 2 nitrogen and oxygen atoms in total. The topological polar surface area (TPSA) is 27.8 Å². The van der Waals surface area contributed by atoms with Crippen molar-refractivity contribution in [3.8, 4) is 0 Å². The van der Waals surface area contributed by atoms with Crippen molar-refractivity contribution in [1.29, 1.82) is 0 Å². The molecule has 3 aromatic rings. The van der Waals surface area contributed by atoms with Crippen LogP contribution in [0.4, 0.5) is 10.1 Å². The smallest absolute Gasteiger partial charge is 0.125 e. The van der Waals surface area contributed by atoms with Gasteiger partial charge in [-0.05, 0) is 45.1 Å². The Morgan fingerprint density at radius 3 is 2.90 bits per heavy atom. The van der Waals surface area contributed by atoms with E-state index in [4.69, 9.17) is 11.6 Å². The lowest BCUT2D eigenvalue weighted by Crippen LogP contribution is -2.02. The van der Waals surface area contributed by atoms with Crippen LogP contribution in [0.3, 0.4) is 0 Å². The number of anilines is 1. The molecule has 0 unspecified atom stereocenters. The van der Waals surface area contributed by atoms with Crippen molar-refractivity contribution < 1.29 is 4.39 Å². The van der Waals surface area contributed by atoms with E-state index in [-0.39, 0.29) is 5.82 Å². The van der Waals surface area contributed by atoms with Crippen LogP contribution in [-0.4, -0.2) is 4.98 Å². The highest BCUT2D eigenvalue weighted by molar-refractivity contribution is 9.10. The number of benzene rings is 2. The average Bonchev–Trinajstić information content (AvgIpc) is 2.86. The molecule has 2 aromatic carbocycles. The zero-order valence-electron chi connectivity index (χ0n) is 10.4. The molecule has 0 spiro atoms. The standard InChI is InChI=1S/C15H11BrClFN2/c16-12-6-11(18)7-13(17)15(12)20-8-10-3-1-2-9-4-5-19-14(9)10/h1-7,19-20H,8H2. The number of aromatic amines is 1. The third-order valence-electron chi connectivity index (χ3n) is 3.14. The van der Waals surface area contributed by atoms with Crippen LogP contribution >= 0.6 is 27.5 Å². The third kappa shape index (κ3) is 2.53. The van der Waals surface area contributed by atoms with Crippen molar-refractivity contribution in [1.82, 2.24) is 4.98 Å². The van der Waals surface area contributed by atoms with Gasteiger partial charge < -0.3 is 10.3 Å². The Bertz CT molecular complexity index is 746. The molecule has 5 heteroatoms. The van der Waals surface area contributed by atoms with Crippen LogP contribution in [-0.2, 0) is 6.54 Å². The van der Waals surface area contributed by atoms with Gasteiger partial charge in [0, 0.05) is 17.2 Å². The molecule has 102 valence electrons. The first kappa shape index (κ1) is 13.5. The zero-order valence-corrected chi connectivity index (χ0v) is 12.7. The molecule has 0 fully saturated rings. The molecule has 1 aromatic heterocycles. The summed E-state index contributed by atoms with van der Waals surface area (Å²) in [5, 5.41) is 4.76. The van der Waals surface area contributed by atoms with Gasteiger partial charge in [-0.3, -0.25) is 0 Å². The fraction of sp³-hybridized carbons (Fsp3) is 0.0667. The fourth-order valence-electron chi connectivity index (χ4n) is 2.19. The van der Waals surface area contributed by atoms with E-state index in [1.165, 1.54) is 12.1 Å². The van der Waals surface area contributed by atoms with Gasteiger partial charge in [0.15, 0.2) is 0 Å². The van der Waals surface area contributed by atoms with Gasteiger partial charge in [-0.1, -0.05) is 29.8 Å². The monoisotopic (exact) mass is 352 g/mol. The molecule has 0 aliphatic carbocycles. The molecule has 0 aliphatic rings. The molecule has 0 amide bonds. The van der Waals surface area contributed by atoms with Crippen molar-refractivity contribution in [2.24, 2.45) is 0 Å². The van der Waals surface area contributed by atoms with E-state index in [9.17, 15) is 4.39 Å². The van der Waals surface area contributed by atoms with Gasteiger partial charge in [-0.25, -0.2) is 4.39 Å². The molecule has 2 N–H and O–H groups in total. The van der Waals surface area contributed by atoms with E-state index in [1.54, 1.807) is 0 Å². The van der Waals surface area contributed by atoms with Gasteiger partial charge in [0.1, 0.15) is 5.82 Å². The summed E-state index contributed by atoms with van der Waals surface area (Å²) in [6.45, 7) is 0.599. The normalized spacial score (nSPS) is 10.9. The van der Waals surface area contributed by atoms with E-state index in [0.717, 1.165) is 16.5 Å². The Balaban J connectivity index is 1.89. The number of para-hydroxylation sites is 1. The zero-order chi connectivity index (χ0) is 14.1. The summed E-state index contributed by atoms with van der Waals surface area (Å²) < 4.78 is 13.8. The predicted molar refractivity (Wildman–Crippen MR) is 84.7 cm³/mol. The van der Waals surface area contributed by atoms with Gasteiger partial charge in [0.25, 0.3) is 0 Å². The summed E-state index contributed by atoms with van der Waals surface area (Å²) in [5.74, 6) is -0.362. The van der Waals surface area contributed by atoms with Gasteiger partial charge in [0.05, 0.1) is 16.2 Å². The van der Waals surface area contributed by atoms with E-state index in [0.29, 0.717) is 21.7 Å². The number of H-pyrrole nitrogens is 1. The largest absolute Gasteiger partial charge is 0.379 e. The molecule has 1 heterocycles. The van der Waals surface area contributed by atoms with Gasteiger partial charge in [0.2, 0.25) is 0 Å². The highest BCUT2D eigenvalue weighted by Gasteiger charge is 2.09. The van der Waals surface area contributed by atoms with Crippen LogP contribution in [0.25, 0.3) is 10.9 Å². The van der Waals surface area contributed by atoms with Crippen molar-refractivity contribution in [3.05, 3.63) is 63.5 Å². The lowest BCUT2D eigenvalue weighted by molar-refractivity contribution is 0.627. The summed E-state index contributed by atoms with van der Waals surface area (Å²) >= 11 is 9.38. The van der Waals surface area contributed by atoms with Crippen LogP contribution in [0, 0.1) is 5.82 Å². The number of aromatic nitrogens is 1. The molecule has 0 saturated carbocycles. The summed E-state index contributed by atoms with van der Waals surface area (Å²) in [6.07, 6.45) is 1.91. The molecule has 3 rings (SSSR count). The van der Waals surface area contributed by atoms with E-state index in [2.05, 4.69) is 32.3 Å². The summed E-state index contributed by atoms with van der Waals surface area (Å²) in [7, 11) is 0.